The Kier molecular flexibility index (Phi) is 4.24. The summed E-state index contributed by atoms with van der Waals surface area (Å²) in [6.45, 7) is 1.40. The molecule has 0 aliphatic rings. The third-order valence-electron chi connectivity index (χ3n) is 2.96. The Labute approximate surface area is 123 Å². The Morgan fingerprint density at radius 2 is 1.81 bits per heavy atom. The first-order valence-corrected chi connectivity index (χ1v) is 6.77. The normalized spacial score (nSPS) is 10.5. The number of nitrogens with zero attached hydrogens (tertiary/aromatic N) is 2. The van der Waals surface area contributed by atoms with Crippen LogP contribution in [-0.4, -0.2) is 15.2 Å². The molecular weight excluding hydrogens is 264 g/mol. The predicted octanol–water partition coefficient (Wildman–Crippen LogP) is 2.89. The van der Waals surface area contributed by atoms with Gasteiger partial charge in [-0.2, -0.15) is 5.10 Å². The SMILES string of the molecule is c1ccc(Oc2cccc(CNCc3ncn[nH]3)c2)cc1. The zero-order valence-corrected chi connectivity index (χ0v) is 11.5. The molecule has 0 aliphatic carbocycles. The number of nitrogens with one attached hydrogen (secondary N) is 2. The number of hydrogen-bond donors (Lipinski definition) is 2. The molecule has 0 bridgehead atoms. The first kappa shape index (κ1) is 13.3. The minimum atomic E-state index is 0.657. The van der Waals surface area contributed by atoms with Crippen LogP contribution in [0.5, 0.6) is 11.5 Å². The van der Waals surface area contributed by atoms with E-state index < -0.39 is 0 Å². The van der Waals surface area contributed by atoms with Gasteiger partial charge in [0.2, 0.25) is 0 Å². The van der Waals surface area contributed by atoms with Crippen LogP contribution in [0.1, 0.15) is 11.4 Å². The molecule has 0 spiro atoms. The molecule has 106 valence electrons. The molecule has 0 saturated carbocycles. The van der Waals surface area contributed by atoms with E-state index in [4.69, 9.17) is 4.74 Å². The number of hydrogen-bond acceptors (Lipinski definition) is 4. The molecule has 5 nitrogen and oxygen atoms in total. The van der Waals surface area contributed by atoms with Crippen LogP contribution >= 0.6 is 0 Å². The Hall–Kier alpha value is -2.66. The standard InChI is InChI=1S/C16H16N4O/c1-2-6-14(7-3-1)21-15-8-4-5-13(9-15)10-17-11-16-18-12-19-20-16/h1-9,12,17H,10-11H2,(H,18,19,20). The molecule has 3 rings (SSSR count). The van der Waals surface area contributed by atoms with Gasteiger partial charge in [0.1, 0.15) is 23.7 Å². The average Bonchev–Trinajstić information content (AvgIpc) is 3.02. The maximum Gasteiger partial charge on any atom is 0.138 e. The van der Waals surface area contributed by atoms with Crippen molar-refractivity contribution in [3.05, 3.63) is 72.3 Å². The van der Waals surface area contributed by atoms with Gasteiger partial charge in [-0.15, -0.1) is 0 Å². The fraction of sp³-hybridized carbons (Fsp3) is 0.125. The van der Waals surface area contributed by atoms with Gasteiger partial charge in [-0.1, -0.05) is 30.3 Å². The number of aromatic nitrogens is 3. The molecule has 2 aromatic carbocycles. The zero-order chi connectivity index (χ0) is 14.3. The van der Waals surface area contributed by atoms with E-state index in [2.05, 4.69) is 26.6 Å². The minimum absolute atomic E-state index is 0.657. The lowest BCUT2D eigenvalue weighted by Crippen LogP contribution is -2.13. The van der Waals surface area contributed by atoms with Crippen molar-refractivity contribution in [3.63, 3.8) is 0 Å². The van der Waals surface area contributed by atoms with Gasteiger partial charge >= 0.3 is 0 Å². The second-order valence-electron chi connectivity index (χ2n) is 4.60. The van der Waals surface area contributed by atoms with Crippen molar-refractivity contribution in [2.24, 2.45) is 0 Å². The number of H-pyrrole nitrogens is 1. The second kappa shape index (κ2) is 6.67. The molecule has 3 aromatic rings. The van der Waals surface area contributed by atoms with E-state index in [0.717, 1.165) is 29.4 Å². The lowest BCUT2D eigenvalue weighted by atomic mass is 10.2. The molecular formula is C16H16N4O. The molecule has 0 saturated heterocycles. The second-order valence-corrected chi connectivity index (χ2v) is 4.60. The Morgan fingerprint density at radius 3 is 2.62 bits per heavy atom. The zero-order valence-electron chi connectivity index (χ0n) is 11.5. The Bertz CT molecular complexity index is 668. The number of para-hydroxylation sites is 1. The summed E-state index contributed by atoms with van der Waals surface area (Å²) in [6.07, 6.45) is 1.51. The van der Waals surface area contributed by atoms with E-state index in [9.17, 15) is 0 Å². The summed E-state index contributed by atoms with van der Waals surface area (Å²) in [5.41, 5.74) is 1.16. The first-order valence-electron chi connectivity index (χ1n) is 6.77. The minimum Gasteiger partial charge on any atom is -0.457 e. The summed E-state index contributed by atoms with van der Waals surface area (Å²) in [7, 11) is 0. The number of aromatic amines is 1. The highest BCUT2D eigenvalue weighted by molar-refractivity contribution is 5.33. The van der Waals surface area contributed by atoms with Crippen molar-refractivity contribution in [1.29, 1.82) is 0 Å². The molecule has 2 N–H and O–H groups in total. The van der Waals surface area contributed by atoms with Gasteiger partial charge in [0, 0.05) is 6.54 Å². The van der Waals surface area contributed by atoms with Gasteiger partial charge in [0.15, 0.2) is 0 Å². The maximum absolute atomic E-state index is 5.81. The summed E-state index contributed by atoms with van der Waals surface area (Å²) in [6, 6.07) is 17.8. The highest BCUT2D eigenvalue weighted by atomic mass is 16.5. The summed E-state index contributed by atoms with van der Waals surface area (Å²) < 4.78 is 5.81. The molecule has 21 heavy (non-hydrogen) atoms. The molecule has 0 aliphatic heterocycles. The van der Waals surface area contributed by atoms with Crippen LogP contribution in [0.25, 0.3) is 0 Å². The predicted molar refractivity (Wildman–Crippen MR) is 79.9 cm³/mol. The summed E-state index contributed by atoms with van der Waals surface area (Å²) in [5, 5.41) is 9.94. The highest BCUT2D eigenvalue weighted by Crippen LogP contribution is 2.21. The molecule has 0 fully saturated rings. The largest absolute Gasteiger partial charge is 0.457 e. The number of ether oxygens (including phenoxy) is 1. The van der Waals surface area contributed by atoms with Crippen LogP contribution in [0.2, 0.25) is 0 Å². The lowest BCUT2D eigenvalue weighted by Gasteiger charge is -2.08. The quantitative estimate of drug-likeness (QED) is 0.729. The van der Waals surface area contributed by atoms with Gasteiger partial charge in [-0.3, -0.25) is 5.10 Å². The van der Waals surface area contributed by atoms with Crippen LogP contribution in [0, 0.1) is 0 Å². The molecule has 0 unspecified atom stereocenters. The van der Waals surface area contributed by atoms with Crippen LogP contribution in [0.4, 0.5) is 0 Å². The first-order chi connectivity index (χ1) is 10.4. The van der Waals surface area contributed by atoms with Crippen LogP contribution in [0.3, 0.4) is 0 Å². The summed E-state index contributed by atoms with van der Waals surface area (Å²) >= 11 is 0. The Morgan fingerprint density at radius 1 is 0.952 bits per heavy atom. The fourth-order valence-electron chi connectivity index (χ4n) is 1.98. The average molecular weight is 280 g/mol. The van der Waals surface area contributed by atoms with Crippen molar-refractivity contribution >= 4 is 0 Å². The molecule has 1 aromatic heterocycles. The van der Waals surface area contributed by atoms with E-state index in [-0.39, 0.29) is 0 Å². The molecule has 1 heterocycles. The van der Waals surface area contributed by atoms with Crippen molar-refractivity contribution < 1.29 is 4.74 Å². The molecule has 0 atom stereocenters. The maximum atomic E-state index is 5.81. The van der Waals surface area contributed by atoms with Gasteiger partial charge in [0.25, 0.3) is 0 Å². The van der Waals surface area contributed by atoms with Crippen molar-refractivity contribution in [3.8, 4) is 11.5 Å². The highest BCUT2D eigenvalue weighted by Gasteiger charge is 2.00. The molecule has 0 amide bonds. The van der Waals surface area contributed by atoms with Crippen LogP contribution in [-0.2, 0) is 13.1 Å². The lowest BCUT2D eigenvalue weighted by molar-refractivity contribution is 0.481. The van der Waals surface area contributed by atoms with E-state index in [1.807, 2.05) is 48.5 Å². The summed E-state index contributed by atoms with van der Waals surface area (Å²) in [4.78, 5) is 4.07. The number of rotatable bonds is 6. The topological polar surface area (TPSA) is 62.8 Å². The Balaban J connectivity index is 1.58. The smallest absolute Gasteiger partial charge is 0.138 e. The third kappa shape index (κ3) is 3.90. The van der Waals surface area contributed by atoms with Crippen molar-refractivity contribution in [2.75, 3.05) is 0 Å². The fourth-order valence-corrected chi connectivity index (χ4v) is 1.98. The van der Waals surface area contributed by atoms with Crippen LogP contribution < -0.4 is 10.1 Å². The van der Waals surface area contributed by atoms with E-state index in [1.165, 1.54) is 6.33 Å². The van der Waals surface area contributed by atoms with Crippen molar-refractivity contribution in [1.82, 2.24) is 20.5 Å². The molecule has 5 heteroatoms. The monoisotopic (exact) mass is 280 g/mol. The van der Waals surface area contributed by atoms with Crippen molar-refractivity contribution in [2.45, 2.75) is 13.1 Å². The number of benzene rings is 2. The third-order valence-corrected chi connectivity index (χ3v) is 2.96. The van der Waals surface area contributed by atoms with Gasteiger partial charge in [0.05, 0.1) is 6.54 Å². The van der Waals surface area contributed by atoms with Gasteiger partial charge in [-0.25, -0.2) is 4.98 Å². The van der Waals surface area contributed by atoms with E-state index in [1.54, 1.807) is 0 Å². The van der Waals surface area contributed by atoms with E-state index in [0.29, 0.717) is 6.54 Å². The van der Waals surface area contributed by atoms with Gasteiger partial charge in [-0.05, 0) is 29.8 Å². The van der Waals surface area contributed by atoms with Crippen LogP contribution in [0.15, 0.2) is 60.9 Å². The summed E-state index contributed by atoms with van der Waals surface area (Å²) in [5.74, 6) is 2.50. The molecule has 0 radical (unpaired) electrons. The van der Waals surface area contributed by atoms with Gasteiger partial charge < -0.3 is 10.1 Å². The van der Waals surface area contributed by atoms with E-state index >= 15 is 0 Å².